The van der Waals surface area contributed by atoms with Crippen LogP contribution < -0.4 is 0 Å². The number of amides is 2. The van der Waals surface area contributed by atoms with Crippen LogP contribution in [0.4, 0.5) is 0 Å². The third kappa shape index (κ3) is 7.49. The minimum Gasteiger partial charge on any atom is -0.361 e. The zero-order valence-corrected chi connectivity index (χ0v) is 24.7. The number of H-pyrrole nitrogens is 1. The normalized spacial score (nSPS) is 11.3. The molecule has 0 fully saturated rings. The molecule has 0 saturated carbocycles. The van der Waals surface area contributed by atoms with Gasteiger partial charge in [-0.25, -0.2) is 0 Å². The Morgan fingerprint density at radius 2 is 1.64 bits per heavy atom. The van der Waals surface area contributed by atoms with Crippen LogP contribution >= 0.6 is 46.4 Å². The number of nitrogens with zero attached hydrogens (tertiary/aromatic N) is 2. The number of hydrogen-bond acceptors (Lipinski definition) is 2. The highest BCUT2D eigenvalue weighted by molar-refractivity contribution is 6.42. The Morgan fingerprint density at radius 3 is 2.36 bits per heavy atom. The zero-order chi connectivity index (χ0) is 28.1. The molecule has 0 bridgehead atoms. The maximum atomic E-state index is 13.8. The van der Waals surface area contributed by atoms with E-state index in [2.05, 4.69) is 11.1 Å². The molecule has 0 radical (unpaired) electrons. The van der Waals surface area contributed by atoms with Crippen molar-refractivity contribution in [3.05, 3.63) is 104 Å². The van der Waals surface area contributed by atoms with Crippen molar-refractivity contribution in [1.82, 2.24) is 14.8 Å². The molecule has 0 aliphatic heterocycles. The molecular weight excluding hydrogens is 576 g/mol. The van der Waals surface area contributed by atoms with Crippen LogP contribution in [0.1, 0.15) is 35.3 Å². The van der Waals surface area contributed by atoms with E-state index in [0.29, 0.717) is 46.7 Å². The molecule has 0 aliphatic carbocycles. The summed E-state index contributed by atoms with van der Waals surface area (Å²) in [5, 5.41) is 2.68. The summed E-state index contributed by atoms with van der Waals surface area (Å²) in [5.74, 6) is -0.354. The van der Waals surface area contributed by atoms with Gasteiger partial charge < -0.3 is 14.8 Å². The highest BCUT2D eigenvalue weighted by Gasteiger charge is 2.25. The van der Waals surface area contributed by atoms with Crippen molar-refractivity contribution >= 4 is 69.1 Å². The van der Waals surface area contributed by atoms with Crippen molar-refractivity contribution in [2.24, 2.45) is 5.92 Å². The molecule has 204 valence electrons. The van der Waals surface area contributed by atoms with Crippen LogP contribution in [0.2, 0.25) is 20.1 Å². The van der Waals surface area contributed by atoms with Crippen LogP contribution in [0.15, 0.2) is 66.9 Å². The molecule has 0 aliphatic rings. The number of hydrogen-bond donors (Lipinski definition) is 1. The summed E-state index contributed by atoms with van der Waals surface area (Å²) in [6.45, 7) is 5.07. The summed E-state index contributed by atoms with van der Waals surface area (Å²) in [7, 11) is 0. The van der Waals surface area contributed by atoms with E-state index in [1.165, 1.54) is 6.07 Å². The lowest BCUT2D eigenvalue weighted by Gasteiger charge is -2.29. The van der Waals surface area contributed by atoms with Crippen molar-refractivity contribution in [3.8, 4) is 0 Å². The monoisotopic (exact) mass is 603 g/mol. The summed E-state index contributed by atoms with van der Waals surface area (Å²) in [6, 6.07) is 18.1. The SMILES string of the molecule is CC(C)CN(CC(=O)N(CCc1c[nH]c2ccccc12)Cc1ccc(Cl)c(Cl)c1)C(=O)c1ccc(Cl)cc1Cl. The van der Waals surface area contributed by atoms with Gasteiger partial charge in [0.15, 0.2) is 0 Å². The van der Waals surface area contributed by atoms with Crippen LogP contribution in [0.5, 0.6) is 0 Å². The predicted octanol–water partition coefficient (Wildman–Crippen LogP) is 8.15. The number of nitrogens with one attached hydrogen (secondary N) is 1. The van der Waals surface area contributed by atoms with Gasteiger partial charge in [0.2, 0.25) is 5.91 Å². The van der Waals surface area contributed by atoms with E-state index in [1.54, 1.807) is 34.1 Å². The van der Waals surface area contributed by atoms with Gasteiger partial charge in [-0.1, -0.05) is 84.5 Å². The van der Waals surface area contributed by atoms with Gasteiger partial charge in [0.1, 0.15) is 6.54 Å². The molecule has 9 heteroatoms. The van der Waals surface area contributed by atoms with Gasteiger partial charge in [-0.05, 0) is 59.9 Å². The smallest absolute Gasteiger partial charge is 0.255 e. The molecule has 0 spiro atoms. The number of para-hydroxylation sites is 1. The minimum atomic E-state index is -0.315. The number of rotatable bonds is 10. The number of halogens is 4. The van der Waals surface area contributed by atoms with E-state index in [4.69, 9.17) is 46.4 Å². The molecule has 4 rings (SSSR count). The first-order valence-corrected chi connectivity index (χ1v) is 14.1. The lowest BCUT2D eigenvalue weighted by atomic mass is 10.1. The molecular formula is C30H29Cl4N3O2. The molecule has 39 heavy (non-hydrogen) atoms. The second-order valence-electron chi connectivity index (χ2n) is 9.88. The largest absolute Gasteiger partial charge is 0.361 e. The Morgan fingerprint density at radius 1 is 0.872 bits per heavy atom. The Kier molecular flexibility index (Phi) is 9.84. The number of carbonyl (C=O) groups is 2. The minimum absolute atomic E-state index is 0.0921. The van der Waals surface area contributed by atoms with Crippen molar-refractivity contribution in [3.63, 3.8) is 0 Å². The third-order valence-electron chi connectivity index (χ3n) is 6.40. The second-order valence-corrected chi connectivity index (χ2v) is 11.5. The summed E-state index contributed by atoms with van der Waals surface area (Å²) in [6.07, 6.45) is 2.61. The standard InChI is InChI=1S/C30H29Cl4N3O2/c1-19(2)16-37(30(39)24-9-8-22(31)14-26(24)33)18-29(38)36(17-20-7-10-25(32)27(34)13-20)12-11-21-15-35-28-6-4-3-5-23(21)28/h3-10,13-15,19,35H,11-12,16-18H2,1-2H3. The highest BCUT2D eigenvalue weighted by atomic mass is 35.5. The molecule has 5 nitrogen and oxygen atoms in total. The Balaban J connectivity index is 1.59. The maximum Gasteiger partial charge on any atom is 0.255 e. The molecule has 3 aromatic carbocycles. The van der Waals surface area contributed by atoms with E-state index in [9.17, 15) is 9.59 Å². The van der Waals surface area contributed by atoms with E-state index >= 15 is 0 Å². The quantitative estimate of drug-likeness (QED) is 0.198. The van der Waals surface area contributed by atoms with Crippen molar-refractivity contribution in [2.45, 2.75) is 26.8 Å². The predicted molar refractivity (Wildman–Crippen MR) is 161 cm³/mol. The van der Waals surface area contributed by atoms with Gasteiger partial charge in [0, 0.05) is 41.8 Å². The maximum absolute atomic E-state index is 13.8. The first-order valence-electron chi connectivity index (χ1n) is 12.6. The van der Waals surface area contributed by atoms with Gasteiger partial charge >= 0.3 is 0 Å². The Hall–Kier alpha value is -2.70. The van der Waals surface area contributed by atoms with Crippen LogP contribution in [0.3, 0.4) is 0 Å². The van der Waals surface area contributed by atoms with Crippen LogP contribution in [0, 0.1) is 5.92 Å². The summed E-state index contributed by atoms with van der Waals surface area (Å²) in [5.41, 5.74) is 3.31. The van der Waals surface area contributed by atoms with Crippen LogP contribution in [-0.4, -0.2) is 46.2 Å². The van der Waals surface area contributed by atoms with Gasteiger partial charge in [0.25, 0.3) is 5.91 Å². The number of fused-ring (bicyclic) bond motifs is 1. The molecule has 0 atom stereocenters. The summed E-state index contributed by atoms with van der Waals surface area (Å²) in [4.78, 5) is 33.9. The van der Waals surface area contributed by atoms with Crippen LogP contribution in [0.25, 0.3) is 10.9 Å². The van der Waals surface area contributed by atoms with E-state index in [-0.39, 0.29) is 29.3 Å². The number of aromatic nitrogens is 1. The number of aromatic amines is 1. The van der Waals surface area contributed by atoms with Gasteiger partial charge in [-0.2, -0.15) is 0 Å². The molecule has 1 heterocycles. The highest BCUT2D eigenvalue weighted by Crippen LogP contribution is 2.25. The Bertz CT molecular complexity index is 1480. The number of benzene rings is 3. The van der Waals surface area contributed by atoms with E-state index in [1.807, 2.05) is 44.3 Å². The third-order valence-corrected chi connectivity index (χ3v) is 7.68. The second kappa shape index (κ2) is 13.1. The van der Waals surface area contributed by atoms with E-state index < -0.39 is 0 Å². The van der Waals surface area contributed by atoms with Crippen molar-refractivity contribution in [1.29, 1.82) is 0 Å². The summed E-state index contributed by atoms with van der Waals surface area (Å²) < 4.78 is 0. The fourth-order valence-electron chi connectivity index (χ4n) is 4.50. The fourth-order valence-corrected chi connectivity index (χ4v) is 5.31. The topological polar surface area (TPSA) is 56.4 Å². The first-order chi connectivity index (χ1) is 18.6. The molecule has 1 N–H and O–H groups in total. The fraction of sp³-hybridized carbons (Fsp3) is 0.267. The molecule has 1 aromatic heterocycles. The van der Waals surface area contributed by atoms with Gasteiger partial charge in [-0.3, -0.25) is 9.59 Å². The first kappa shape index (κ1) is 29.3. The zero-order valence-electron chi connectivity index (χ0n) is 21.7. The van der Waals surface area contributed by atoms with Gasteiger partial charge in [-0.15, -0.1) is 0 Å². The lowest BCUT2D eigenvalue weighted by molar-refractivity contribution is -0.132. The number of carbonyl (C=O) groups excluding carboxylic acids is 2. The van der Waals surface area contributed by atoms with E-state index in [0.717, 1.165) is 22.0 Å². The Labute approximate surface area is 248 Å². The summed E-state index contributed by atoms with van der Waals surface area (Å²) >= 11 is 24.8. The van der Waals surface area contributed by atoms with Crippen molar-refractivity contribution in [2.75, 3.05) is 19.6 Å². The van der Waals surface area contributed by atoms with Crippen molar-refractivity contribution < 1.29 is 9.59 Å². The molecule has 0 saturated heterocycles. The molecule has 2 amide bonds. The molecule has 4 aromatic rings. The average Bonchev–Trinajstić information content (AvgIpc) is 3.30. The molecule has 0 unspecified atom stereocenters. The van der Waals surface area contributed by atoms with Crippen LogP contribution in [-0.2, 0) is 17.8 Å². The van der Waals surface area contributed by atoms with Gasteiger partial charge in [0.05, 0.1) is 20.6 Å². The lowest BCUT2D eigenvalue weighted by Crippen LogP contribution is -2.44. The average molecular weight is 605 g/mol.